The number of benzene rings is 1. The highest BCUT2D eigenvalue weighted by molar-refractivity contribution is 5.67. The number of nitrogens with zero attached hydrogens (tertiary/aromatic N) is 1. The predicted octanol–water partition coefficient (Wildman–Crippen LogP) is 0.971. The highest BCUT2D eigenvalue weighted by Crippen LogP contribution is 2.22. The summed E-state index contributed by atoms with van der Waals surface area (Å²) in [6.07, 6.45) is -1.63. The van der Waals surface area contributed by atoms with E-state index >= 15 is 0 Å². The zero-order chi connectivity index (χ0) is 15.2. The second-order valence-corrected chi connectivity index (χ2v) is 5.21. The van der Waals surface area contributed by atoms with Gasteiger partial charge in [-0.25, -0.2) is 4.79 Å². The SMILES string of the molecule is CO[C@@H]1C[C@@H](C(O)O)CN(C(=O)OCc2ccccc2)C1. The van der Waals surface area contributed by atoms with E-state index in [2.05, 4.69) is 0 Å². The summed E-state index contributed by atoms with van der Waals surface area (Å²) in [6.45, 7) is 0.846. The van der Waals surface area contributed by atoms with E-state index in [1.165, 1.54) is 4.90 Å². The van der Waals surface area contributed by atoms with Crippen LogP contribution in [-0.4, -0.2) is 53.8 Å². The van der Waals surface area contributed by atoms with Crippen molar-refractivity contribution in [1.29, 1.82) is 0 Å². The minimum Gasteiger partial charge on any atom is -0.445 e. The van der Waals surface area contributed by atoms with E-state index in [1.54, 1.807) is 7.11 Å². The molecule has 116 valence electrons. The molecule has 2 rings (SSSR count). The summed E-state index contributed by atoms with van der Waals surface area (Å²) in [4.78, 5) is 13.5. The van der Waals surface area contributed by atoms with Crippen LogP contribution in [0.25, 0.3) is 0 Å². The zero-order valence-corrected chi connectivity index (χ0v) is 12.0. The van der Waals surface area contributed by atoms with Crippen LogP contribution < -0.4 is 0 Å². The molecule has 1 saturated heterocycles. The fourth-order valence-electron chi connectivity index (χ4n) is 2.44. The lowest BCUT2D eigenvalue weighted by Gasteiger charge is -2.37. The van der Waals surface area contributed by atoms with Crippen LogP contribution in [0.5, 0.6) is 0 Å². The molecule has 0 bridgehead atoms. The van der Waals surface area contributed by atoms with Crippen LogP contribution in [0.1, 0.15) is 12.0 Å². The number of hydrogen-bond donors (Lipinski definition) is 2. The Morgan fingerprint density at radius 3 is 2.67 bits per heavy atom. The van der Waals surface area contributed by atoms with Gasteiger partial charge in [0.25, 0.3) is 0 Å². The third kappa shape index (κ3) is 4.42. The summed E-state index contributed by atoms with van der Waals surface area (Å²) in [5, 5.41) is 18.6. The lowest BCUT2D eigenvalue weighted by molar-refractivity contribution is -0.118. The summed E-state index contributed by atoms with van der Waals surface area (Å²) >= 11 is 0. The first-order chi connectivity index (χ1) is 10.1. The van der Waals surface area contributed by atoms with Gasteiger partial charge in [-0.3, -0.25) is 0 Å². The van der Waals surface area contributed by atoms with Gasteiger partial charge < -0.3 is 24.6 Å². The average molecular weight is 295 g/mol. The second-order valence-electron chi connectivity index (χ2n) is 5.21. The van der Waals surface area contributed by atoms with E-state index in [0.29, 0.717) is 13.0 Å². The van der Waals surface area contributed by atoms with Crippen molar-refractivity contribution in [3.63, 3.8) is 0 Å². The fraction of sp³-hybridized carbons (Fsp3) is 0.533. The molecular weight excluding hydrogens is 274 g/mol. The van der Waals surface area contributed by atoms with Gasteiger partial charge in [0, 0.05) is 19.6 Å². The van der Waals surface area contributed by atoms with Crippen molar-refractivity contribution in [2.45, 2.75) is 25.4 Å². The standard InChI is InChI=1S/C15H21NO5/c1-20-13-7-12(14(17)18)8-16(9-13)15(19)21-10-11-5-3-2-4-6-11/h2-6,12-14,17-18H,7-10H2,1H3/t12-,13-/m1/s1. The van der Waals surface area contributed by atoms with Gasteiger partial charge in [0.1, 0.15) is 6.61 Å². The molecule has 0 saturated carbocycles. The van der Waals surface area contributed by atoms with Gasteiger partial charge in [-0.05, 0) is 12.0 Å². The number of carbonyl (C=O) groups excluding carboxylic acids is 1. The number of aliphatic hydroxyl groups is 2. The van der Waals surface area contributed by atoms with Crippen molar-refractivity contribution in [2.24, 2.45) is 5.92 Å². The Hall–Kier alpha value is -1.63. The van der Waals surface area contributed by atoms with Gasteiger partial charge in [-0.2, -0.15) is 0 Å². The molecule has 2 N–H and O–H groups in total. The monoisotopic (exact) mass is 295 g/mol. The van der Waals surface area contributed by atoms with Crippen LogP contribution >= 0.6 is 0 Å². The average Bonchev–Trinajstić information content (AvgIpc) is 2.53. The van der Waals surface area contributed by atoms with Gasteiger partial charge >= 0.3 is 6.09 Å². The number of hydrogen-bond acceptors (Lipinski definition) is 5. The molecule has 6 heteroatoms. The largest absolute Gasteiger partial charge is 0.445 e. The molecule has 0 aromatic heterocycles. The van der Waals surface area contributed by atoms with Crippen molar-refractivity contribution in [2.75, 3.05) is 20.2 Å². The highest BCUT2D eigenvalue weighted by Gasteiger charge is 2.33. The lowest BCUT2D eigenvalue weighted by atomic mass is 9.95. The summed E-state index contributed by atoms with van der Waals surface area (Å²) in [5.41, 5.74) is 0.907. The number of ether oxygens (including phenoxy) is 2. The number of likely N-dealkylation sites (tertiary alicyclic amines) is 1. The first-order valence-corrected chi connectivity index (χ1v) is 6.94. The summed E-state index contributed by atoms with van der Waals surface area (Å²) in [6, 6.07) is 9.40. The maximum absolute atomic E-state index is 12.1. The number of aliphatic hydroxyl groups excluding tert-OH is 1. The van der Waals surface area contributed by atoms with Crippen molar-refractivity contribution >= 4 is 6.09 Å². The van der Waals surface area contributed by atoms with Crippen LogP contribution in [0.3, 0.4) is 0 Å². The molecule has 1 aromatic carbocycles. The summed E-state index contributed by atoms with van der Waals surface area (Å²) in [7, 11) is 1.55. The number of piperidine rings is 1. The van der Waals surface area contributed by atoms with Crippen LogP contribution in [0, 0.1) is 5.92 Å². The third-order valence-corrected chi connectivity index (χ3v) is 3.66. The van der Waals surface area contributed by atoms with Crippen molar-refractivity contribution < 1.29 is 24.5 Å². The summed E-state index contributed by atoms with van der Waals surface area (Å²) in [5.74, 6) is -0.423. The Bertz CT molecular complexity index is 451. The first-order valence-electron chi connectivity index (χ1n) is 6.94. The Balaban J connectivity index is 1.91. The number of methoxy groups -OCH3 is 1. The topological polar surface area (TPSA) is 79.2 Å². The molecule has 1 aliphatic rings. The molecule has 1 aliphatic heterocycles. The Labute approximate surface area is 123 Å². The van der Waals surface area contributed by atoms with Crippen LogP contribution in [-0.2, 0) is 16.1 Å². The molecule has 6 nitrogen and oxygen atoms in total. The van der Waals surface area contributed by atoms with Crippen LogP contribution in [0.2, 0.25) is 0 Å². The summed E-state index contributed by atoms with van der Waals surface area (Å²) < 4.78 is 10.5. The Morgan fingerprint density at radius 1 is 1.33 bits per heavy atom. The van der Waals surface area contributed by atoms with Gasteiger partial charge in [-0.15, -0.1) is 0 Å². The van der Waals surface area contributed by atoms with Gasteiger partial charge in [0.2, 0.25) is 0 Å². The second kappa shape index (κ2) is 7.40. The van der Waals surface area contributed by atoms with E-state index in [1.807, 2.05) is 30.3 Å². The van der Waals surface area contributed by atoms with E-state index in [4.69, 9.17) is 9.47 Å². The highest BCUT2D eigenvalue weighted by atomic mass is 16.6. The molecule has 1 heterocycles. The third-order valence-electron chi connectivity index (χ3n) is 3.66. The number of rotatable bonds is 4. The number of carbonyl (C=O) groups is 1. The first kappa shape index (κ1) is 15.8. The van der Waals surface area contributed by atoms with Crippen molar-refractivity contribution in [3.8, 4) is 0 Å². The smallest absolute Gasteiger partial charge is 0.410 e. The minimum absolute atomic E-state index is 0.195. The zero-order valence-electron chi connectivity index (χ0n) is 12.0. The molecule has 21 heavy (non-hydrogen) atoms. The van der Waals surface area contributed by atoms with E-state index in [-0.39, 0.29) is 19.3 Å². The van der Waals surface area contributed by atoms with Gasteiger partial charge in [-0.1, -0.05) is 30.3 Å². The molecule has 0 aliphatic carbocycles. The van der Waals surface area contributed by atoms with E-state index in [0.717, 1.165) is 5.56 Å². The van der Waals surface area contributed by atoms with Crippen molar-refractivity contribution in [3.05, 3.63) is 35.9 Å². The predicted molar refractivity (Wildman–Crippen MR) is 75.3 cm³/mol. The fourth-order valence-corrected chi connectivity index (χ4v) is 2.44. The maximum Gasteiger partial charge on any atom is 0.410 e. The lowest BCUT2D eigenvalue weighted by Crippen LogP contribution is -2.49. The molecule has 1 aromatic rings. The molecule has 1 fully saturated rings. The minimum atomic E-state index is -1.47. The van der Waals surface area contributed by atoms with Crippen LogP contribution in [0.15, 0.2) is 30.3 Å². The van der Waals surface area contributed by atoms with E-state index < -0.39 is 18.3 Å². The molecule has 1 amide bonds. The molecule has 0 radical (unpaired) electrons. The van der Waals surface area contributed by atoms with Gasteiger partial charge in [0.15, 0.2) is 6.29 Å². The quantitative estimate of drug-likeness (QED) is 0.809. The maximum atomic E-state index is 12.1. The van der Waals surface area contributed by atoms with Gasteiger partial charge in [0.05, 0.1) is 12.6 Å². The van der Waals surface area contributed by atoms with E-state index in [9.17, 15) is 15.0 Å². The molecule has 0 spiro atoms. The van der Waals surface area contributed by atoms with Crippen molar-refractivity contribution in [1.82, 2.24) is 4.90 Å². The number of amides is 1. The Kier molecular flexibility index (Phi) is 5.55. The molecular formula is C15H21NO5. The molecule has 2 atom stereocenters. The van der Waals surface area contributed by atoms with Crippen LogP contribution in [0.4, 0.5) is 4.79 Å². The Morgan fingerprint density at radius 2 is 2.05 bits per heavy atom. The normalized spacial score (nSPS) is 22.4. The molecule has 0 unspecified atom stereocenters.